The minimum Gasteiger partial charge on any atom is -0.349 e. The van der Waals surface area contributed by atoms with E-state index < -0.39 is 5.24 Å². The zero-order valence-corrected chi connectivity index (χ0v) is 40.7. The van der Waals surface area contributed by atoms with E-state index in [4.69, 9.17) is 34.8 Å². The number of carbonyl (C=O) groups excluding carboxylic acids is 2. The molecule has 6 aromatic rings. The van der Waals surface area contributed by atoms with E-state index >= 15 is 0 Å². The van der Waals surface area contributed by atoms with E-state index in [0.29, 0.717) is 53.1 Å². The van der Waals surface area contributed by atoms with Crippen LogP contribution >= 0.6 is 34.8 Å². The molecule has 0 spiro atoms. The van der Waals surface area contributed by atoms with Crippen LogP contribution in [0.15, 0.2) is 109 Å². The molecule has 1 N–H and O–H groups in total. The minimum atomic E-state index is -0.407. The van der Waals surface area contributed by atoms with E-state index in [1.54, 1.807) is 24.3 Å². The number of rotatable bonds is 7. The molecule has 4 heterocycles. The van der Waals surface area contributed by atoms with Crippen LogP contribution in [0.5, 0.6) is 0 Å². The fourth-order valence-corrected chi connectivity index (χ4v) is 8.73. The van der Waals surface area contributed by atoms with Gasteiger partial charge < -0.3 is 20.0 Å². The predicted molar refractivity (Wildman–Crippen MR) is 266 cm³/mol. The first-order chi connectivity index (χ1) is 30.6. The quantitative estimate of drug-likeness (QED) is 0.155. The van der Waals surface area contributed by atoms with Crippen LogP contribution in [-0.4, -0.2) is 110 Å². The molecule has 8 rings (SSSR count). The molecule has 4 atom stereocenters. The highest BCUT2D eigenvalue weighted by atomic mass is 35.5. The molecular weight excluding hydrogens is 865 g/mol. The SMILES string of the molecule is CCN(C(C)C)C(C)C.C[C@@H]1CN(c2nnc(Cl)c3ccccc23)[C@H](C)CN1.C[C@@H]1CN(c2nnc(Cl)c3ccccc23)[C@H](C)CN1C(=O)c1ccccc1.O=C(Cl)c1ccccc1. The number of carbonyl (C=O) groups is 2. The molecular formula is C50H62Cl3N9O2. The van der Waals surface area contributed by atoms with Crippen molar-refractivity contribution in [3.05, 3.63) is 131 Å². The van der Waals surface area contributed by atoms with Gasteiger partial charge in [-0.3, -0.25) is 14.5 Å². The largest absolute Gasteiger partial charge is 0.349 e. The van der Waals surface area contributed by atoms with Gasteiger partial charge in [-0.1, -0.05) is 127 Å². The second kappa shape index (κ2) is 23.9. The van der Waals surface area contributed by atoms with Crippen molar-refractivity contribution in [2.24, 2.45) is 0 Å². The third-order valence-electron chi connectivity index (χ3n) is 11.5. The zero-order chi connectivity index (χ0) is 46.5. The summed E-state index contributed by atoms with van der Waals surface area (Å²) in [6.45, 7) is 24.1. The Morgan fingerprint density at radius 3 is 1.47 bits per heavy atom. The highest BCUT2D eigenvalue weighted by molar-refractivity contribution is 6.67. The van der Waals surface area contributed by atoms with Gasteiger partial charge in [-0.25, -0.2) is 0 Å². The molecule has 0 saturated carbocycles. The highest BCUT2D eigenvalue weighted by Crippen LogP contribution is 2.32. The van der Waals surface area contributed by atoms with E-state index in [1.165, 1.54) is 0 Å². The van der Waals surface area contributed by atoms with Crippen molar-refractivity contribution >= 4 is 79.1 Å². The van der Waals surface area contributed by atoms with Gasteiger partial charge in [0.1, 0.15) is 0 Å². The summed E-state index contributed by atoms with van der Waals surface area (Å²) in [5, 5.41) is 24.8. The maximum atomic E-state index is 12.9. The van der Waals surface area contributed by atoms with E-state index in [1.807, 2.05) is 83.8 Å². The summed E-state index contributed by atoms with van der Waals surface area (Å²) in [6.07, 6.45) is 0. The normalized spacial score (nSPS) is 18.5. The molecule has 2 saturated heterocycles. The van der Waals surface area contributed by atoms with Gasteiger partial charge in [0, 0.05) is 95.1 Å². The van der Waals surface area contributed by atoms with Crippen molar-refractivity contribution in [2.75, 3.05) is 42.5 Å². The van der Waals surface area contributed by atoms with Crippen LogP contribution in [0.3, 0.4) is 0 Å². The molecule has 2 fully saturated rings. The molecule has 4 aromatic carbocycles. The Bertz CT molecular complexity index is 2420. The van der Waals surface area contributed by atoms with Gasteiger partial charge >= 0.3 is 0 Å². The average Bonchev–Trinajstić information content (AvgIpc) is 3.29. The van der Waals surface area contributed by atoms with E-state index in [2.05, 4.69) is 109 Å². The van der Waals surface area contributed by atoms with Crippen LogP contribution in [-0.2, 0) is 0 Å². The van der Waals surface area contributed by atoms with E-state index in [9.17, 15) is 9.59 Å². The summed E-state index contributed by atoms with van der Waals surface area (Å²) < 4.78 is 0. The summed E-state index contributed by atoms with van der Waals surface area (Å²) in [7, 11) is 0. The Kier molecular flexibility index (Phi) is 18.7. The van der Waals surface area contributed by atoms with Gasteiger partial charge in [0.2, 0.25) is 0 Å². The number of anilines is 2. The van der Waals surface area contributed by atoms with Crippen LogP contribution in [0.1, 0.15) is 83.0 Å². The molecule has 2 aliphatic heterocycles. The Hall–Kier alpha value is -4.91. The lowest BCUT2D eigenvalue weighted by molar-refractivity contribution is 0.0644. The number of nitrogens with zero attached hydrogens (tertiary/aromatic N) is 8. The number of halogens is 3. The molecule has 2 aromatic heterocycles. The van der Waals surface area contributed by atoms with Crippen LogP contribution in [0, 0.1) is 0 Å². The van der Waals surface area contributed by atoms with Crippen molar-refractivity contribution in [3.63, 3.8) is 0 Å². The summed E-state index contributed by atoms with van der Waals surface area (Å²) in [4.78, 5) is 32.3. The maximum Gasteiger partial charge on any atom is 0.254 e. The number of hydrogen-bond donors (Lipinski definition) is 1. The standard InChI is InChI=1S/C21H21ClN4O.C14H17ClN4.C8H19N.C7H5ClO/c1-14-13-26(21(27)16-8-4-3-5-9-16)15(2)12-25(14)20-18-11-7-6-10-17(18)19(22)23-24-20;1-9-8-19(10(2)7-16-9)14-12-6-4-3-5-11(12)13(15)17-18-14;1-6-9(7(2)3)8(4)5;8-7(9)6-4-2-1-3-5-6/h3-11,14-15H,12-13H2,1-2H3;3-6,9-10,16H,7-8H2,1-2H3;7-8H,6H2,1-5H3;1-5H/t14-,15-;9-,10-;;/m11../s1. The molecule has 1 amide bonds. The van der Waals surface area contributed by atoms with Crippen LogP contribution in [0.25, 0.3) is 21.5 Å². The second-order valence-corrected chi connectivity index (χ2v) is 17.9. The number of piperazine rings is 2. The summed E-state index contributed by atoms with van der Waals surface area (Å²) in [5.74, 6) is 1.82. The predicted octanol–water partition coefficient (Wildman–Crippen LogP) is 10.7. The van der Waals surface area contributed by atoms with Gasteiger partial charge in [-0.2, -0.15) is 0 Å². The highest BCUT2D eigenvalue weighted by Gasteiger charge is 2.34. The number of fused-ring (bicyclic) bond motifs is 2. The van der Waals surface area contributed by atoms with Crippen molar-refractivity contribution in [3.8, 4) is 0 Å². The monoisotopic (exact) mass is 925 g/mol. The molecule has 64 heavy (non-hydrogen) atoms. The smallest absolute Gasteiger partial charge is 0.254 e. The molecule has 340 valence electrons. The zero-order valence-electron chi connectivity index (χ0n) is 38.4. The second-order valence-electron chi connectivity index (χ2n) is 16.9. The number of benzene rings is 4. The van der Waals surface area contributed by atoms with Crippen molar-refractivity contribution in [1.29, 1.82) is 0 Å². The fraction of sp³-hybridized carbons (Fsp3) is 0.400. The topological polar surface area (TPSA) is 111 Å². The Balaban J connectivity index is 0.000000180. The van der Waals surface area contributed by atoms with Gasteiger partial charge in [-0.15, -0.1) is 20.4 Å². The average molecular weight is 927 g/mol. The Labute approximate surface area is 394 Å². The molecule has 0 radical (unpaired) electrons. The molecule has 14 heteroatoms. The van der Waals surface area contributed by atoms with Crippen molar-refractivity contribution < 1.29 is 9.59 Å². The summed E-state index contributed by atoms with van der Waals surface area (Å²) in [5.41, 5.74) is 1.26. The van der Waals surface area contributed by atoms with Crippen molar-refractivity contribution in [2.45, 2.75) is 98.6 Å². The summed E-state index contributed by atoms with van der Waals surface area (Å²) in [6, 6.07) is 36.5. The van der Waals surface area contributed by atoms with Gasteiger partial charge in [0.15, 0.2) is 21.9 Å². The molecule has 0 aliphatic carbocycles. The van der Waals surface area contributed by atoms with Gasteiger partial charge in [-0.05, 0) is 85.7 Å². The number of amides is 1. The number of hydrogen-bond acceptors (Lipinski definition) is 10. The van der Waals surface area contributed by atoms with E-state index in [0.717, 1.165) is 58.4 Å². The van der Waals surface area contributed by atoms with E-state index in [-0.39, 0.29) is 18.0 Å². The number of aromatic nitrogens is 4. The van der Waals surface area contributed by atoms with Gasteiger partial charge in [0.25, 0.3) is 11.1 Å². The Morgan fingerprint density at radius 2 is 1.05 bits per heavy atom. The first-order valence-corrected chi connectivity index (χ1v) is 23.2. The van der Waals surface area contributed by atoms with Crippen molar-refractivity contribution in [1.82, 2.24) is 35.5 Å². The first-order valence-electron chi connectivity index (χ1n) is 22.1. The maximum absolute atomic E-state index is 12.9. The lowest BCUT2D eigenvalue weighted by Crippen LogP contribution is -2.58. The van der Waals surface area contributed by atoms with Crippen LogP contribution in [0.2, 0.25) is 10.3 Å². The lowest BCUT2D eigenvalue weighted by Gasteiger charge is -2.44. The molecule has 0 bridgehead atoms. The molecule has 11 nitrogen and oxygen atoms in total. The first kappa shape index (κ1) is 50.1. The fourth-order valence-electron chi connectivity index (χ4n) is 8.20. The molecule has 0 unspecified atom stereocenters. The van der Waals surface area contributed by atoms with Crippen LogP contribution in [0.4, 0.5) is 11.6 Å². The Morgan fingerprint density at radius 1 is 0.609 bits per heavy atom. The third kappa shape index (κ3) is 12.9. The lowest BCUT2D eigenvalue weighted by atomic mass is 10.0. The van der Waals surface area contributed by atoms with Gasteiger partial charge in [0.05, 0.1) is 0 Å². The minimum absolute atomic E-state index is 0.0603. The molecule has 2 aliphatic rings. The van der Waals surface area contributed by atoms with Crippen LogP contribution < -0.4 is 15.1 Å². The third-order valence-corrected chi connectivity index (χ3v) is 12.3. The number of nitrogens with one attached hydrogen (secondary N) is 1. The summed E-state index contributed by atoms with van der Waals surface area (Å²) >= 11 is 17.5.